The lowest BCUT2D eigenvalue weighted by atomic mass is 9.91. The van der Waals surface area contributed by atoms with Crippen molar-refractivity contribution >= 4 is 33.3 Å². The third-order valence-electron chi connectivity index (χ3n) is 3.89. The number of halogens is 2. The monoisotopic (exact) mass is 370 g/mol. The summed E-state index contributed by atoms with van der Waals surface area (Å²) in [6.45, 7) is 0. The second-order valence-electron chi connectivity index (χ2n) is 5.37. The van der Waals surface area contributed by atoms with E-state index in [0.29, 0.717) is 16.7 Å². The molecule has 0 radical (unpaired) electrons. The lowest BCUT2D eigenvalue weighted by Gasteiger charge is -2.23. The molecule has 6 nitrogen and oxygen atoms in total. The molecular weight excluding hydrogens is 359 g/mol. The molecule has 1 unspecified atom stereocenters. The molecule has 0 saturated carbocycles. The van der Waals surface area contributed by atoms with Crippen molar-refractivity contribution in [2.24, 2.45) is 5.14 Å². The number of primary sulfonamides is 1. The molecule has 1 heterocycles. The van der Waals surface area contributed by atoms with Gasteiger partial charge < -0.3 is 5.11 Å². The number of nitrogens with two attached hydrogens (primary N) is 1. The number of fused-ring (bicyclic) bond motifs is 1. The molecule has 126 valence electrons. The first-order valence-electron chi connectivity index (χ1n) is 6.81. The van der Waals surface area contributed by atoms with E-state index in [-0.39, 0.29) is 16.3 Å². The smallest absolute Gasteiger partial charge is 0.411 e. The van der Waals surface area contributed by atoms with Gasteiger partial charge in [0.2, 0.25) is 10.0 Å². The van der Waals surface area contributed by atoms with Gasteiger partial charge in [-0.15, -0.1) is 0 Å². The number of carbonyl (C=O) groups is 1. The van der Waals surface area contributed by atoms with Gasteiger partial charge in [-0.05, 0) is 23.8 Å². The largest absolute Gasteiger partial charge is 0.465 e. The number of nitrogens with zero attached hydrogens (tertiary/aromatic N) is 1. The van der Waals surface area contributed by atoms with Gasteiger partial charge in [0.25, 0.3) is 0 Å². The van der Waals surface area contributed by atoms with Crippen LogP contribution in [0.1, 0.15) is 12.0 Å². The van der Waals surface area contributed by atoms with Gasteiger partial charge in [0.15, 0.2) is 0 Å². The van der Waals surface area contributed by atoms with E-state index in [0.717, 1.165) is 4.90 Å². The lowest BCUT2D eigenvalue weighted by Crippen LogP contribution is -2.33. The van der Waals surface area contributed by atoms with Crippen molar-refractivity contribution in [1.82, 2.24) is 4.90 Å². The van der Waals surface area contributed by atoms with Crippen molar-refractivity contribution < 1.29 is 22.7 Å². The summed E-state index contributed by atoms with van der Waals surface area (Å²) in [5, 5.41) is 14.5. The van der Waals surface area contributed by atoms with E-state index >= 15 is 0 Å². The normalized spacial score (nSPS) is 20.2. The summed E-state index contributed by atoms with van der Waals surface area (Å²) in [6.07, 6.45) is 2.86. The first-order valence-corrected chi connectivity index (χ1v) is 8.73. The molecule has 1 amide bonds. The molecule has 2 aliphatic rings. The van der Waals surface area contributed by atoms with Crippen molar-refractivity contribution in [3.63, 3.8) is 0 Å². The molecule has 0 saturated heterocycles. The number of hydrogen-bond donors (Lipinski definition) is 2. The first kappa shape index (κ1) is 16.7. The standard InChI is InChI=1S/C15H12ClFN2O4S/c16-13-6-9(24(18,22)23)2-4-10(13)12-7-19(15(20)21)14-5-8(17)1-3-11(12)14/h1-4,6-7,14H,5H2,(H,20,21)(H2,18,22,23). The Kier molecular flexibility index (Phi) is 3.98. The SMILES string of the molecule is NS(=O)(=O)c1ccc(C2=CN(C(=O)O)C3CC(F)=CC=C23)c(Cl)c1. The molecular formula is C15H12ClFN2O4S. The zero-order valence-corrected chi connectivity index (χ0v) is 13.7. The second kappa shape index (κ2) is 5.73. The second-order valence-corrected chi connectivity index (χ2v) is 7.34. The van der Waals surface area contributed by atoms with Crippen LogP contribution in [0.3, 0.4) is 0 Å². The van der Waals surface area contributed by atoms with Gasteiger partial charge in [0.05, 0.1) is 10.9 Å². The zero-order chi connectivity index (χ0) is 17.6. The van der Waals surface area contributed by atoms with Crippen LogP contribution < -0.4 is 5.14 Å². The van der Waals surface area contributed by atoms with Gasteiger partial charge in [0.1, 0.15) is 5.83 Å². The van der Waals surface area contributed by atoms with Gasteiger partial charge in [0, 0.05) is 28.8 Å². The van der Waals surface area contributed by atoms with Crippen LogP contribution in [0.5, 0.6) is 0 Å². The van der Waals surface area contributed by atoms with E-state index in [4.69, 9.17) is 16.7 Å². The molecule has 1 atom stereocenters. The summed E-state index contributed by atoms with van der Waals surface area (Å²) in [6, 6.07) is 3.27. The van der Waals surface area contributed by atoms with Crippen LogP contribution in [0, 0.1) is 0 Å². The molecule has 0 bridgehead atoms. The predicted octanol–water partition coefficient (Wildman–Crippen LogP) is 2.87. The Morgan fingerprint density at radius 1 is 1.38 bits per heavy atom. The number of benzene rings is 1. The van der Waals surface area contributed by atoms with Crippen LogP contribution in [-0.4, -0.2) is 30.6 Å². The maximum Gasteiger partial charge on any atom is 0.411 e. The van der Waals surface area contributed by atoms with Crippen LogP contribution in [0.2, 0.25) is 5.02 Å². The highest BCUT2D eigenvalue weighted by Gasteiger charge is 2.36. The summed E-state index contributed by atoms with van der Waals surface area (Å²) in [4.78, 5) is 12.3. The molecule has 1 aliphatic carbocycles. The highest BCUT2D eigenvalue weighted by molar-refractivity contribution is 7.89. The highest BCUT2D eigenvalue weighted by atomic mass is 35.5. The van der Waals surface area contributed by atoms with Crippen LogP contribution in [0.15, 0.2) is 52.8 Å². The fourth-order valence-electron chi connectivity index (χ4n) is 2.78. The van der Waals surface area contributed by atoms with Crippen molar-refractivity contribution in [3.05, 3.63) is 58.5 Å². The van der Waals surface area contributed by atoms with Crippen LogP contribution in [0.4, 0.5) is 9.18 Å². The van der Waals surface area contributed by atoms with Gasteiger partial charge in [-0.3, -0.25) is 4.90 Å². The Labute approximate surface area is 142 Å². The molecule has 1 aliphatic heterocycles. The average molecular weight is 371 g/mol. The molecule has 1 aromatic rings. The van der Waals surface area contributed by atoms with Gasteiger partial charge >= 0.3 is 6.09 Å². The molecule has 0 spiro atoms. The Balaban J connectivity index is 2.11. The minimum absolute atomic E-state index is 0.0645. The number of hydrogen-bond acceptors (Lipinski definition) is 3. The number of amides is 1. The number of carboxylic acid groups (broad SMARTS) is 1. The zero-order valence-electron chi connectivity index (χ0n) is 12.1. The lowest BCUT2D eigenvalue weighted by molar-refractivity contribution is 0.155. The third kappa shape index (κ3) is 2.83. The summed E-state index contributed by atoms with van der Waals surface area (Å²) in [5.41, 5.74) is 1.54. The summed E-state index contributed by atoms with van der Waals surface area (Å²) >= 11 is 6.16. The molecule has 3 rings (SSSR count). The summed E-state index contributed by atoms with van der Waals surface area (Å²) in [7, 11) is -3.90. The minimum Gasteiger partial charge on any atom is -0.465 e. The van der Waals surface area contributed by atoms with Gasteiger partial charge in [-0.25, -0.2) is 22.7 Å². The Bertz CT molecular complexity index is 937. The van der Waals surface area contributed by atoms with Crippen molar-refractivity contribution in [3.8, 4) is 0 Å². The first-order chi connectivity index (χ1) is 11.2. The van der Waals surface area contributed by atoms with Crippen molar-refractivity contribution in [1.29, 1.82) is 0 Å². The average Bonchev–Trinajstić information content (AvgIpc) is 2.84. The molecule has 24 heavy (non-hydrogen) atoms. The van der Waals surface area contributed by atoms with E-state index in [2.05, 4.69) is 0 Å². The van der Waals surface area contributed by atoms with Gasteiger partial charge in [-0.1, -0.05) is 23.7 Å². The van der Waals surface area contributed by atoms with E-state index in [1.807, 2.05) is 0 Å². The molecule has 0 fully saturated rings. The summed E-state index contributed by atoms with van der Waals surface area (Å²) < 4.78 is 36.3. The van der Waals surface area contributed by atoms with Crippen LogP contribution >= 0.6 is 11.6 Å². The maximum atomic E-state index is 13.5. The highest BCUT2D eigenvalue weighted by Crippen LogP contribution is 2.42. The molecule has 1 aromatic carbocycles. The Morgan fingerprint density at radius 2 is 2.08 bits per heavy atom. The van der Waals surface area contributed by atoms with Crippen molar-refractivity contribution in [2.75, 3.05) is 0 Å². The molecule has 0 aromatic heterocycles. The molecule has 9 heteroatoms. The number of sulfonamides is 1. The Morgan fingerprint density at radius 3 is 2.67 bits per heavy atom. The topological polar surface area (TPSA) is 101 Å². The van der Waals surface area contributed by atoms with E-state index in [1.54, 1.807) is 0 Å². The maximum absolute atomic E-state index is 13.5. The Hall–Kier alpha value is -2.16. The van der Waals surface area contributed by atoms with Crippen molar-refractivity contribution in [2.45, 2.75) is 17.4 Å². The minimum atomic E-state index is -3.90. The van der Waals surface area contributed by atoms with Crippen LogP contribution in [-0.2, 0) is 10.0 Å². The van der Waals surface area contributed by atoms with E-state index in [1.165, 1.54) is 36.6 Å². The third-order valence-corrected chi connectivity index (χ3v) is 5.11. The summed E-state index contributed by atoms with van der Waals surface area (Å²) in [5.74, 6) is -0.416. The number of rotatable bonds is 2. The quantitative estimate of drug-likeness (QED) is 0.835. The predicted molar refractivity (Wildman–Crippen MR) is 86.3 cm³/mol. The van der Waals surface area contributed by atoms with Gasteiger partial charge in [-0.2, -0.15) is 0 Å². The molecule has 3 N–H and O–H groups in total. The van der Waals surface area contributed by atoms with Crippen LogP contribution in [0.25, 0.3) is 5.57 Å². The number of allylic oxidation sites excluding steroid dienone is 2. The van der Waals surface area contributed by atoms with E-state index < -0.39 is 28.0 Å². The fourth-order valence-corrected chi connectivity index (χ4v) is 3.67. The fraction of sp³-hybridized carbons (Fsp3) is 0.133. The van der Waals surface area contributed by atoms with E-state index in [9.17, 15) is 22.7 Å².